The summed E-state index contributed by atoms with van der Waals surface area (Å²) in [6.07, 6.45) is 1.59. The Balaban J connectivity index is 2.57. The minimum absolute atomic E-state index is 0.257. The lowest BCUT2D eigenvalue weighted by Crippen LogP contribution is -2.25. The summed E-state index contributed by atoms with van der Waals surface area (Å²) in [6.45, 7) is 5.68. The average molecular weight is 300 g/mol. The van der Waals surface area contributed by atoms with Crippen molar-refractivity contribution in [3.05, 3.63) is 24.3 Å². The van der Waals surface area contributed by atoms with Crippen LogP contribution in [0, 0.1) is 5.92 Å². The maximum atomic E-state index is 12.0. The van der Waals surface area contributed by atoms with Crippen LogP contribution in [0.3, 0.4) is 0 Å². The number of nitrogens with two attached hydrogens (primary N) is 1. The van der Waals surface area contributed by atoms with Crippen LogP contribution in [0.1, 0.15) is 26.7 Å². The molecule has 0 aromatic heterocycles. The third-order valence-electron chi connectivity index (χ3n) is 2.76. The Kier molecular flexibility index (Phi) is 6.98. The Labute approximate surface area is 121 Å². The molecule has 0 heterocycles. The van der Waals surface area contributed by atoms with Crippen molar-refractivity contribution in [1.29, 1.82) is 0 Å². The first kappa shape index (κ1) is 16.9. The molecular formula is C14H24N2O3S. The smallest absolute Gasteiger partial charge is 0.240 e. The maximum Gasteiger partial charge on any atom is 0.240 e. The molecule has 1 aromatic carbocycles. The van der Waals surface area contributed by atoms with Gasteiger partial charge in [0.05, 0.1) is 11.5 Å². The zero-order valence-corrected chi connectivity index (χ0v) is 12.9. The summed E-state index contributed by atoms with van der Waals surface area (Å²) in [6, 6.07) is 6.42. The van der Waals surface area contributed by atoms with Gasteiger partial charge in [0.1, 0.15) is 5.75 Å². The van der Waals surface area contributed by atoms with E-state index in [0.717, 1.165) is 12.8 Å². The summed E-state index contributed by atoms with van der Waals surface area (Å²) in [5, 5.41) is 0. The van der Waals surface area contributed by atoms with Crippen LogP contribution >= 0.6 is 0 Å². The fourth-order valence-electron chi connectivity index (χ4n) is 1.55. The Morgan fingerprint density at radius 1 is 1.25 bits per heavy atom. The summed E-state index contributed by atoms with van der Waals surface area (Å²) in [4.78, 5) is 0.257. The van der Waals surface area contributed by atoms with Gasteiger partial charge in [-0.3, -0.25) is 0 Å². The Morgan fingerprint density at radius 2 is 1.90 bits per heavy atom. The lowest BCUT2D eigenvalue weighted by molar-refractivity contribution is 0.313. The fourth-order valence-corrected chi connectivity index (χ4v) is 2.60. The first-order valence-electron chi connectivity index (χ1n) is 6.88. The molecular weight excluding hydrogens is 276 g/mol. The van der Waals surface area contributed by atoms with Crippen LogP contribution in [0.15, 0.2) is 29.2 Å². The van der Waals surface area contributed by atoms with Crippen molar-refractivity contribution in [1.82, 2.24) is 4.72 Å². The van der Waals surface area contributed by atoms with Gasteiger partial charge in [-0.05, 0) is 49.6 Å². The van der Waals surface area contributed by atoms with Crippen LogP contribution in [0.5, 0.6) is 5.75 Å². The highest BCUT2D eigenvalue weighted by atomic mass is 32.2. The van der Waals surface area contributed by atoms with E-state index >= 15 is 0 Å². The van der Waals surface area contributed by atoms with E-state index in [0.29, 0.717) is 31.4 Å². The van der Waals surface area contributed by atoms with Gasteiger partial charge in [0.15, 0.2) is 0 Å². The van der Waals surface area contributed by atoms with Crippen LogP contribution in [0.2, 0.25) is 0 Å². The molecule has 0 saturated heterocycles. The molecule has 0 aliphatic heterocycles. The van der Waals surface area contributed by atoms with E-state index in [1.54, 1.807) is 24.3 Å². The summed E-state index contributed by atoms with van der Waals surface area (Å²) in [5.74, 6) is 1.12. The van der Waals surface area contributed by atoms with E-state index in [-0.39, 0.29) is 4.90 Å². The van der Waals surface area contributed by atoms with Crippen LogP contribution < -0.4 is 15.2 Å². The highest BCUT2D eigenvalue weighted by molar-refractivity contribution is 7.89. The Morgan fingerprint density at radius 3 is 2.45 bits per heavy atom. The molecule has 114 valence electrons. The molecule has 0 aliphatic carbocycles. The van der Waals surface area contributed by atoms with Crippen LogP contribution in [0.4, 0.5) is 0 Å². The monoisotopic (exact) mass is 300 g/mol. The van der Waals surface area contributed by atoms with E-state index < -0.39 is 10.0 Å². The second-order valence-electron chi connectivity index (χ2n) is 5.04. The quantitative estimate of drug-likeness (QED) is 0.681. The molecule has 20 heavy (non-hydrogen) atoms. The van der Waals surface area contributed by atoms with Gasteiger partial charge >= 0.3 is 0 Å². The number of nitrogens with one attached hydrogen (secondary N) is 1. The van der Waals surface area contributed by atoms with Crippen molar-refractivity contribution >= 4 is 10.0 Å². The molecule has 0 radical (unpaired) electrons. The molecule has 5 nitrogen and oxygen atoms in total. The number of sulfonamides is 1. The normalized spacial score (nSPS) is 11.8. The Bertz CT molecular complexity index is 484. The van der Waals surface area contributed by atoms with Crippen molar-refractivity contribution < 1.29 is 13.2 Å². The lowest BCUT2D eigenvalue weighted by Gasteiger charge is -2.09. The summed E-state index contributed by atoms with van der Waals surface area (Å²) >= 11 is 0. The SMILES string of the molecule is CC(C)CCNS(=O)(=O)c1ccc(OCCCN)cc1. The number of rotatable bonds is 9. The van der Waals surface area contributed by atoms with Crippen molar-refractivity contribution in [3.63, 3.8) is 0 Å². The molecule has 0 unspecified atom stereocenters. The second kappa shape index (κ2) is 8.24. The van der Waals surface area contributed by atoms with Gasteiger partial charge in [-0.25, -0.2) is 13.1 Å². The lowest BCUT2D eigenvalue weighted by atomic mass is 10.1. The highest BCUT2D eigenvalue weighted by Crippen LogP contribution is 2.16. The van der Waals surface area contributed by atoms with E-state index in [1.807, 2.05) is 0 Å². The number of hydrogen-bond acceptors (Lipinski definition) is 4. The first-order valence-corrected chi connectivity index (χ1v) is 8.36. The Hall–Kier alpha value is -1.11. The van der Waals surface area contributed by atoms with Crippen molar-refractivity contribution in [3.8, 4) is 5.75 Å². The molecule has 0 amide bonds. The average Bonchev–Trinajstić information content (AvgIpc) is 2.39. The third kappa shape index (κ3) is 5.90. The standard InChI is InChI=1S/C14H24N2O3S/c1-12(2)8-10-16-20(17,18)14-6-4-13(5-7-14)19-11-3-9-15/h4-7,12,16H,3,8-11,15H2,1-2H3. The summed E-state index contributed by atoms with van der Waals surface area (Å²) < 4.78 is 32.1. The van der Waals surface area contributed by atoms with Crippen molar-refractivity contribution in [2.24, 2.45) is 11.7 Å². The molecule has 0 spiro atoms. The molecule has 0 saturated carbocycles. The zero-order chi connectivity index (χ0) is 15.0. The number of ether oxygens (including phenoxy) is 1. The van der Waals surface area contributed by atoms with E-state index in [9.17, 15) is 8.42 Å². The molecule has 0 fully saturated rings. The van der Waals surface area contributed by atoms with Gasteiger partial charge in [-0.1, -0.05) is 13.8 Å². The molecule has 6 heteroatoms. The van der Waals surface area contributed by atoms with Gasteiger partial charge in [-0.2, -0.15) is 0 Å². The topological polar surface area (TPSA) is 81.4 Å². The highest BCUT2D eigenvalue weighted by Gasteiger charge is 2.13. The fraction of sp³-hybridized carbons (Fsp3) is 0.571. The third-order valence-corrected chi connectivity index (χ3v) is 4.24. The van der Waals surface area contributed by atoms with Gasteiger partial charge < -0.3 is 10.5 Å². The van der Waals surface area contributed by atoms with Gasteiger partial charge in [0.25, 0.3) is 0 Å². The first-order chi connectivity index (χ1) is 9.45. The van der Waals surface area contributed by atoms with Gasteiger partial charge in [0.2, 0.25) is 10.0 Å². The number of hydrogen-bond donors (Lipinski definition) is 2. The molecule has 0 atom stereocenters. The van der Waals surface area contributed by atoms with E-state index in [2.05, 4.69) is 18.6 Å². The van der Waals surface area contributed by atoms with Crippen LogP contribution in [-0.4, -0.2) is 28.1 Å². The zero-order valence-electron chi connectivity index (χ0n) is 12.1. The minimum Gasteiger partial charge on any atom is -0.494 e. The molecule has 1 aromatic rings. The van der Waals surface area contributed by atoms with Crippen LogP contribution in [-0.2, 0) is 10.0 Å². The number of benzene rings is 1. The summed E-state index contributed by atoms with van der Waals surface area (Å²) in [7, 11) is -3.42. The largest absolute Gasteiger partial charge is 0.494 e. The van der Waals surface area contributed by atoms with E-state index in [4.69, 9.17) is 10.5 Å². The van der Waals surface area contributed by atoms with Crippen molar-refractivity contribution in [2.45, 2.75) is 31.6 Å². The predicted octanol–water partition coefficient (Wildman–Crippen LogP) is 1.74. The van der Waals surface area contributed by atoms with Gasteiger partial charge in [-0.15, -0.1) is 0 Å². The minimum atomic E-state index is -3.42. The summed E-state index contributed by atoms with van der Waals surface area (Å²) in [5.41, 5.74) is 5.37. The predicted molar refractivity (Wildman–Crippen MR) is 80.3 cm³/mol. The maximum absolute atomic E-state index is 12.0. The molecule has 1 rings (SSSR count). The van der Waals surface area contributed by atoms with E-state index in [1.165, 1.54) is 0 Å². The second-order valence-corrected chi connectivity index (χ2v) is 6.81. The van der Waals surface area contributed by atoms with Crippen molar-refractivity contribution in [2.75, 3.05) is 19.7 Å². The molecule has 0 aliphatic rings. The molecule has 3 N–H and O–H groups in total. The van der Waals surface area contributed by atoms with Crippen LogP contribution in [0.25, 0.3) is 0 Å². The molecule has 0 bridgehead atoms. The van der Waals surface area contributed by atoms with Gasteiger partial charge in [0, 0.05) is 6.54 Å².